The van der Waals surface area contributed by atoms with Gasteiger partial charge in [0, 0.05) is 0 Å². The van der Waals surface area contributed by atoms with E-state index in [1.165, 1.54) is 6.08 Å². The van der Waals surface area contributed by atoms with Crippen LogP contribution in [0, 0.1) is 5.92 Å². The minimum absolute atomic E-state index is 0.194. The molecule has 0 saturated heterocycles. The van der Waals surface area contributed by atoms with Crippen LogP contribution >= 0.6 is 0 Å². The van der Waals surface area contributed by atoms with Gasteiger partial charge in [0.1, 0.15) is 0 Å². The van der Waals surface area contributed by atoms with E-state index in [-0.39, 0.29) is 12.5 Å². The highest BCUT2D eigenvalue weighted by Crippen LogP contribution is 2.06. The molecule has 0 fully saturated rings. The highest BCUT2D eigenvalue weighted by molar-refractivity contribution is 7.89. The molecule has 0 aromatic heterocycles. The molecule has 0 spiro atoms. The van der Waals surface area contributed by atoms with E-state index in [9.17, 15) is 8.42 Å². The maximum Gasteiger partial charge on any atom is 0.290 e. The van der Waals surface area contributed by atoms with E-state index in [1.807, 2.05) is 44.2 Å². The molecule has 0 unspecified atom stereocenters. The van der Waals surface area contributed by atoms with Crippen LogP contribution in [0.4, 0.5) is 0 Å². The minimum Gasteiger partial charge on any atom is -0.267 e. The molecule has 0 saturated carbocycles. The third kappa shape index (κ3) is 5.09. The average molecular weight is 240 g/mol. The lowest BCUT2D eigenvalue weighted by Gasteiger charge is -2.03. The molecule has 0 bridgehead atoms. The Morgan fingerprint density at radius 1 is 1.25 bits per heavy atom. The predicted molar refractivity (Wildman–Crippen MR) is 65.2 cm³/mol. The van der Waals surface area contributed by atoms with Crippen LogP contribution in [0.3, 0.4) is 0 Å². The van der Waals surface area contributed by atoms with Gasteiger partial charge in [-0.15, -0.1) is 0 Å². The smallest absolute Gasteiger partial charge is 0.267 e. The monoisotopic (exact) mass is 240 g/mol. The zero-order valence-corrected chi connectivity index (χ0v) is 10.3. The molecule has 1 aromatic rings. The molecule has 0 aliphatic heterocycles. The van der Waals surface area contributed by atoms with E-state index in [4.69, 9.17) is 4.18 Å². The standard InChI is InChI=1S/C12H16O3S/c1-11(2)10-15-16(13,14)9-8-12-6-4-3-5-7-12/h3-9,11H,10H2,1-2H3. The van der Waals surface area contributed by atoms with Crippen molar-refractivity contribution in [3.63, 3.8) is 0 Å². The lowest BCUT2D eigenvalue weighted by Crippen LogP contribution is -2.07. The van der Waals surface area contributed by atoms with E-state index < -0.39 is 10.1 Å². The molecule has 0 aliphatic carbocycles. The van der Waals surface area contributed by atoms with Crippen molar-refractivity contribution >= 4 is 16.2 Å². The molecule has 0 aliphatic rings. The minimum atomic E-state index is -3.56. The zero-order valence-electron chi connectivity index (χ0n) is 9.46. The molecule has 1 rings (SSSR count). The van der Waals surface area contributed by atoms with Gasteiger partial charge in [-0.3, -0.25) is 4.18 Å². The topological polar surface area (TPSA) is 43.4 Å². The fourth-order valence-corrected chi connectivity index (χ4v) is 1.86. The summed E-state index contributed by atoms with van der Waals surface area (Å²) in [5, 5.41) is 1.09. The SMILES string of the molecule is CC(C)COS(=O)(=O)C=Cc1ccccc1. The van der Waals surface area contributed by atoms with Gasteiger partial charge in [0.2, 0.25) is 0 Å². The normalized spacial score (nSPS) is 12.4. The predicted octanol–water partition coefficient (Wildman–Crippen LogP) is 2.66. The Kier molecular flexibility index (Phi) is 4.71. The van der Waals surface area contributed by atoms with Gasteiger partial charge in [-0.2, -0.15) is 8.42 Å². The first-order valence-electron chi connectivity index (χ1n) is 5.12. The summed E-state index contributed by atoms with van der Waals surface area (Å²) in [5.74, 6) is 0.194. The van der Waals surface area contributed by atoms with Gasteiger partial charge in [0.15, 0.2) is 0 Å². The van der Waals surface area contributed by atoms with Crippen LogP contribution in [0.5, 0.6) is 0 Å². The summed E-state index contributed by atoms with van der Waals surface area (Å²) in [5.41, 5.74) is 0.833. The fourth-order valence-electron chi connectivity index (χ4n) is 0.996. The first-order chi connectivity index (χ1) is 7.49. The van der Waals surface area contributed by atoms with Gasteiger partial charge in [0.05, 0.1) is 12.0 Å². The second kappa shape index (κ2) is 5.82. The lowest BCUT2D eigenvalue weighted by atomic mass is 10.2. The third-order valence-corrected chi connectivity index (χ3v) is 2.73. The maximum absolute atomic E-state index is 11.4. The van der Waals surface area contributed by atoms with Crippen LogP contribution in [0.2, 0.25) is 0 Å². The second-order valence-corrected chi connectivity index (χ2v) is 5.38. The molecule has 0 heterocycles. The Labute approximate surface area is 96.9 Å². The Bertz CT molecular complexity index is 433. The van der Waals surface area contributed by atoms with Crippen molar-refractivity contribution in [1.29, 1.82) is 0 Å². The van der Waals surface area contributed by atoms with Gasteiger partial charge in [-0.25, -0.2) is 0 Å². The molecule has 0 N–H and O–H groups in total. The van der Waals surface area contributed by atoms with Crippen LogP contribution in [0.1, 0.15) is 19.4 Å². The van der Waals surface area contributed by atoms with Crippen molar-refractivity contribution in [2.24, 2.45) is 5.92 Å². The number of benzene rings is 1. The fraction of sp³-hybridized carbons (Fsp3) is 0.333. The van der Waals surface area contributed by atoms with Crippen molar-refractivity contribution in [2.75, 3.05) is 6.61 Å². The molecule has 0 amide bonds. The van der Waals surface area contributed by atoms with Gasteiger partial charge < -0.3 is 0 Å². The summed E-state index contributed by atoms with van der Waals surface area (Å²) >= 11 is 0. The molecular weight excluding hydrogens is 224 g/mol. The van der Waals surface area contributed by atoms with Gasteiger partial charge in [-0.1, -0.05) is 44.2 Å². The second-order valence-electron chi connectivity index (χ2n) is 3.88. The average Bonchev–Trinajstić information content (AvgIpc) is 2.26. The van der Waals surface area contributed by atoms with Crippen molar-refractivity contribution in [3.8, 4) is 0 Å². The molecule has 0 radical (unpaired) electrons. The number of hydrogen-bond donors (Lipinski definition) is 0. The van der Waals surface area contributed by atoms with E-state index >= 15 is 0 Å². The highest BCUT2D eigenvalue weighted by Gasteiger charge is 2.06. The summed E-state index contributed by atoms with van der Waals surface area (Å²) in [6, 6.07) is 9.23. The summed E-state index contributed by atoms with van der Waals surface area (Å²) < 4.78 is 27.6. The zero-order chi connectivity index (χ0) is 12.0. The molecule has 88 valence electrons. The van der Waals surface area contributed by atoms with Gasteiger partial charge in [0.25, 0.3) is 10.1 Å². The molecule has 4 heteroatoms. The molecule has 16 heavy (non-hydrogen) atoms. The Morgan fingerprint density at radius 2 is 1.88 bits per heavy atom. The summed E-state index contributed by atoms with van der Waals surface area (Å²) in [4.78, 5) is 0. The quantitative estimate of drug-likeness (QED) is 0.743. The van der Waals surface area contributed by atoms with E-state index in [0.29, 0.717) is 0 Å². The van der Waals surface area contributed by atoms with E-state index in [2.05, 4.69) is 0 Å². The first-order valence-corrected chi connectivity index (χ1v) is 6.59. The third-order valence-electron chi connectivity index (χ3n) is 1.79. The van der Waals surface area contributed by atoms with Crippen LogP contribution in [0.15, 0.2) is 35.7 Å². The van der Waals surface area contributed by atoms with Gasteiger partial charge in [-0.05, 0) is 17.6 Å². The Morgan fingerprint density at radius 3 is 2.44 bits per heavy atom. The number of rotatable bonds is 5. The highest BCUT2D eigenvalue weighted by atomic mass is 32.2. The van der Waals surface area contributed by atoms with Crippen LogP contribution in [-0.4, -0.2) is 15.0 Å². The summed E-state index contributed by atoms with van der Waals surface area (Å²) in [7, 11) is -3.56. The summed E-state index contributed by atoms with van der Waals surface area (Å²) in [6.45, 7) is 4.01. The van der Waals surface area contributed by atoms with Crippen LogP contribution in [-0.2, 0) is 14.3 Å². The number of hydrogen-bond acceptors (Lipinski definition) is 3. The lowest BCUT2D eigenvalue weighted by molar-refractivity contribution is 0.280. The van der Waals surface area contributed by atoms with Crippen molar-refractivity contribution < 1.29 is 12.6 Å². The Balaban J connectivity index is 2.63. The summed E-state index contributed by atoms with van der Waals surface area (Å²) in [6.07, 6.45) is 1.52. The van der Waals surface area contributed by atoms with Crippen LogP contribution < -0.4 is 0 Å². The largest absolute Gasteiger partial charge is 0.290 e. The van der Waals surface area contributed by atoms with Crippen LogP contribution in [0.25, 0.3) is 6.08 Å². The Hall–Kier alpha value is -1.13. The van der Waals surface area contributed by atoms with E-state index in [1.54, 1.807) is 0 Å². The molecular formula is C12H16O3S. The maximum atomic E-state index is 11.4. The van der Waals surface area contributed by atoms with Crippen molar-refractivity contribution in [3.05, 3.63) is 41.3 Å². The molecule has 1 aromatic carbocycles. The molecule has 3 nitrogen and oxygen atoms in total. The van der Waals surface area contributed by atoms with Gasteiger partial charge >= 0.3 is 0 Å². The first kappa shape index (κ1) is 12.9. The molecule has 0 atom stereocenters. The van der Waals surface area contributed by atoms with Crippen molar-refractivity contribution in [2.45, 2.75) is 13.8 Å². The van der Waals surface area contributed by atoms with E-state index in [0.717, 1.165) is 11.0 Å². The van der Waals surface area contributed by atoms with Crippen molar-refractivity contribution in [1.82, 2.24) is 0 Å².